The van der Waals surface area contributed by atoms with E-state index in [1.165, 1.54) is 6.08 Å². The Hall–Kier alpha value is -1.32. The van der Waals surface area contributed by atoms with Gasteiger partial charge in [-0.3, -0.25) is 4.79 Å². The van der Waals surface area contributed by atoms with Crippen molar-refractivity contribution in [2.75, 3.05) is 6.61 Å². The molecular weight excluding hydrogens is 136 g/mol. The highest BCUT2D eigenvalue weighted by atomic mass is 16.5. The van der Waals surface area contributed by atoms with Crippen LogP contribution in [0.1, 0.15) is 0 Å². The Morgan fingerprint density at radius 3 is 2.90 bits per heavy atom. The van der Waals surface area contributed by atoms with Crippen LogP contribution >= 0.6 is 0 Å². The summed E-state index contributed by atoms with van der Waals surface area (Å²) in [7, 11) is 0. The van der Waals surface area contributed by atoms with Crippen LogP contribution in [0.5, 0.6) is 0 Å². The van der Waals surface area contributed by atoms with Crippen LogP contribution in [0, 0.1) is 5.92 Å². The molecule has 0 amide bonds. The lowest BCUT2D eigenvalue weighted by Gasteiger charge is -2.11. The highest BCUT2D eigenvalue weighted by Gasteiger charge is 2.19. The van der Waals surface area contributed by atoms with Crippen molar-refractivity contribution in [2.24, 2.45) is 5.92 Å². The Morgan fingerprint density at radius 1 is 1.80 bits per heavy atom. The third-order valence-corrected chi connectivity index (χ3v) is 1.19. The van der Waals surface area contributed by atoms with Gasteiger partial charge in [-0.05, 0) is 0 Å². The summed E-state index contributed by atoms with van der Waals surface area (Å²) in [6.45, 7) is -0.0509. The summed E-state index contributed by atoms with van der Waals surface area (Å²) in [5.74, 6) is -2.11. The zero-order chi connectivity index (χ0) is 7.56. The van der Waals surface area contributed by atoms with Crippen molar-refractivity contribution in [1.82, 2.24) is 0 Å². The van der Waals surface area contributed by atoms with E-state index in [9.17, 15) is 9.59 Å². The summed E-state index contributed by atoms with van der Waals surface area (Å²) >= 11 is 0. The molecule has 1 atom stereocenters. The number of carboxylic acids is 1. The Morgan fingerprint density at radius 2 is 2.50 bits per heavy atom. The van der Waals surface area contributed by atoms with E-state index < -0.39 is 17.9 Å². The predicted octanol–water partition coefficient (Wildman–Crippen LogP) is -0.200. The van der Waals surface area contributed by atoms with E-state index in [-0.39, 0.29) is 6.61 Å². The maximum absolute atomic E-state index is 10.3. The molecule has 0 fully saturated rings. The Bertz CT molecular complexity index is 194. The summed E-state index contributed by atoms with van der Waals surface area (Å²) in [5, 5.41) is 8.38. The fourth-order valence-electron chi connectivity index (χ4n) is 0.624. The van der Waals surface area contributed by atoms with E-state index >= 15 is 0 Å². The van der Waals surface area contributed by atoms with Crippen LogP contribution in [0.3, 0.4) is 0 Å². The van der Waals surface area contributed by atoms with Gasteiger partial charge >= 0.3 is 11.9 Å². The minimum Gasteiger partial charge on any atom is -0.481 e. The van der Waals surface area contributed by atoms with Crippen molar-refractivity contribution in [3.8, 4) is 0 Å². The summed E-state index contributed by atoms with van der Waals surface area (Å²) in [6, 6.07) is 0. The minimum atomic E-state index is -0.969. The van der Waals surface area contributed by atoms with Crippen LogP contribution in [-0.4, -0.2) is 23.7 Å². The SMILES string of the molecule is O=C1C=C[C@@H](C(=O)O)CO1. The molecule has 0 aromatic rings. The molecule has 1 aliphatic rings. The molecule has 10 heavy (non-hydrogen) atoms. The fourth-order valence-corrected chi connectivity index (χ4v) is 0.624. The molecule has 0 spiro atoms. The van der Waals surface area contributed by atoms with Gasteiger partial charge in [-0.25, -0.2) is 4.79 Å². The van der Waals surface area contributed by atoms with E-state index in [4.69, 9.17) is 5.11 Å². The number of carbonyl (C=O) groups is 2. The van der Waals surface area contributed by atoms with Crippen LogP contribution in [0.25, 0.3) is 0 Å². The summed E-state index contributed by atoms with van der Waals surface area (Å²) in [5.41, 5.74) is 0. The number of ether oxygens (including phenoxy) is 1. The number of aliphatic carboxylic acids is 1. The van der Waals surface area contributed by atoms with Crippen molar-refractivity contribution < 1.29 is 19.4 Å². The molecule has 0 radical (unpaired) electrons. The molecule has 0 saturated heterocycles. The third-order valence-electron chi connectivity index (χ3n) is 1.19. The second-order valence-electron chi connectivity index (χ2n) is 1.93. The van der Waals surface area contributed by atoms with E-state index in [1.807, 2.05) is 0 Å². The van der Waals surface area contributed by atoms with Crippen LogP contribution in [-0.2, 0) is 14.3 Å². The molecule has 0 aromatic heterocycles. The molecule has 1 aliphatic heterocycles. The molecule has 0 aromatic carbocycles. The van der Waals surface area contributed by atoms with Gasteiger partial charge in [0.1, 0.15) is 12.5 Å². The van der Waals surface area contributed by atoms with Gasteiger partial charge < -0.3 is 9.84 Å². The highest BCUT2D eigenvalue weighted by Crippen LogP contribution is 2.05. The van der Waals surface area contributed by atoms with Gasteiger partial charge in [0.25, 0.3) is 0 Å². The Labute approximate surface area is 57.1 Å². The zero-order valence-corrected chi connectivity index (χ0v) is 5.11. The first-order valence-electron chi connectivity index (χ1n) is 2.78. The number of hydrogen-bond acceptors (Lipinski definition) is 3. The molecule has 4 heteroatoms. The Balaban J connectivity index is 2.61. The lowest BCUT2D eigenvalue weighted by Crippen LogP contribution is -2.23. The van der Waals surface area contributed by atoms with Crippen molar-refractivity contribution in [3.05, 3.63) is 12.2 Å². The molecule has 0 aliphatic carbocycles. The molecule has 0 unspecified atom stereocenters. The first-order valence-corrected chi connectivity index (χ1v) is 2.78. The first-order chi connectivity index (χ1) is 4.70. The summed E-state index contributed by atoms with van der Waals surface area (Å²) < 4.78 is 4.45. The number of rotatable bonds is 1. The largest absolute Gasteiger partial charge is 0.481 e. The summed E-state index contributed by atoms with van der Waals surface area (Å²) in [6.07, 6.45) is 2.45. The average molecular weight is 142 g/mol. The molecular formula is C6H6O4. The molecule has 4 nitrogen and oxygen atoms in total. The predicted molar refractivity (Wildman–Crippen MR) is 31.2 cm³/mol. The van der Waals surface area contributed by atoms with Crippen molar-refractivity contribution in [3.63, 3.8) is 0 Å². The smallest absolute Gasteiger partial charge is 0.330 e. The van der Waals surface area contributed by atoms with E-state index in [1.54, 1.807) is 0 Å². The molecule has 0 bridgehead atoms. The minimum absolute atomic E-state index is 0.0509. The third kappa shape index (κ3) is 1.34. The Kier molecular flexibility index (Phi) is 1.71. The highest BCUT2D eigenvalue weighted by molar-refractivity contribution is 5.85. The lowest BCUT2D eigenvalue weighted by molar-refractivity contribution is -0.147. The molecule has 54 valence electrons. The summed E-state index contributed by atoms with van der Waals surface area (Å²) in [4.78, 5) is 20.5. The molecule has 1 rings (SSSR count). The van der Waals surface area contributed by atoms with Crippen LogP contribution in [0.15, 0.2) is 12.2 Å². The molecule has 1 N–H and O–H groups in total. The number of cyclic esters (lactones) is 1. The van der Waals surface area contributed by atoms with Gasteiger partial charge in [0.15, 0.2) is 0 Å². The van der Waals surface area contributed by atoms with Crippen LogP contribution in [0.2, 0.25) is 0 Å². The lowest BCUT2D eigenvalue weighted by atomic mass is 10.1. The topological polar surface area (TPSA) is 63.6 Å². The van der Waals surface area contributed by atoms with Gasteiger partial charge in [0.2, 0.25) is 0 Å². The van der Waals surface area contributed by atoms with Gasteiger partial charge in [-0.15, -0.1) is 0 Å². The fraction of sp³-hybridized carbons (Fsp3) is 0.333. The maximum atomic E-state index is 10.3. The quantitative estimate of drug-likeness (QED) is 0.515. The molecule has 1 heterocycles. The number of carboxylic acid groups (broad SMARTS) is 1. The maximum Gasteiger partial charge on any atom is 0.330 e. The van der Waals surface area contributed by atoms with Crippen molar-refractivity contribution >= 4 is 11.9 Å². The number of esters is 1. The van der Waals surface area contributed by atoms with Gasteiger partial charge in [0.05, 0.1) is 0 Å². The zero-order valence-electron chi connectivity index (χ0n) is 5.11. The van der Waals surface area contributed by atoms with E-state index in [0.29, 0.717) is 0 Å². The normalized spacial score (nSPS) is 24.0. The van der Waals surface area contributed by atoms with Crippen molar-refractivity contribution in [2.45, 2.75) is 0 Å². The van der Waals surface area contributed by atoms with E-state index in [0.717, 1.165) is 6.08 Å². The van der Waals surface area contributed by atoms with E-state index in [2.05, 4.69) is 4.74 Å². The average Bonchev–Trinajstić information content (AvgIpc) is 1.88. The first kappa shape index (κ1) is 6.80. The van der Waals surface area contributed by atoms with Crippen LogP contribution < -0.4 is 0 Å². The van der Waals surface area contributed by atoms with Gasteiger partial charge in [-0.2, -0.15) is 0 Å². The van der Waals surface area contributed by atoms with Gasteiger partial charge in [-0.1, -0.05) is 6.08 Å². The number of carbonyl (C=O) groups excluding carboxylic acids is 1. The van der Waals surface area contributed by atoms with Gasteiger partial charge in [0, 0.05) is 6.08 Å². The monoisotopic (exact) mass is 142 g/mol. The number of hydrogen-bond donors (Lipinski definition) is 1. The second kappa shape index (κ2) is 2.51. The van der Waals surface area contributed by atoms with Crippen molar-refractivity contribution in [1.29, 1.82) is 0 Å². The standard InChI is InChI=1S/C6H6O4/c7-5-2-1-4(3-10-5)6(8)9/h1-2,4H,3H2,(H,8,9)/t4-/m1/s1. The van der Waals surface area contributed by atoms with Crippen LogP contribution in [0.4, 0.5) is 0 Å². The molecule has 0 saturated carbocycles. The second-order valence-corrected chi connectivity index (χ2v) is 1.93.